The largest absolute Gasteiger partial charge is 0.342 e. The van der Waals surface area contributed by atoms with Crippen LogP contribution in [0.1, 0.15) is 34.3 Å². The lowest BCUT2D eigenvalue weighted by Gasteiger charge is -2.09. The van der Waals surface area contributed by atoms with Gasteiger partial charge in [-0.15, -0.1) is 16.4 Å². The maximum absolute atomic E-state index is 11.7. The van der Waals surface area contributed by atoms with Gasteiger partial charge < -0.3 is 5.32 Å². The van der Waals surface area contributed by atoms with Gasteiger partial charge in [0.05, 0.1) is 6.04 Å². The summed E-state index contributed by atoms with van der Waals surface area (Å²) in [6, 6.07) is 3.92. The summed E-state index contributed by atoms with van der Waals surface area (Å²) in [5.41, 5.74) is 0. The average molecular weight is 236 g/mol. The maximum Gasteiger partial charge on any atom is 0.291 e. The second kappa shape index (κ2) is 4.44. The predicted octanol–water partition coefficient (Wildman–Crippen LogP) is 1.67. The van der Waals surface area contributed by atoms with Crippen molar-refractivity contribution in [3.05, 3.63) is 34.0 Å². The van der Waals surface area contributed by atoms with E-state index in [1.54, 1.807) is 18.3 Å². The Morgan fingerprint density at radius 2 is 2.44 bits per heavy atom. The van der Waals surface area contributed by atoms with E-state index in [4.69, 9.17) is 0 Å². The van der Waals surface area contributed by atoms with E-state index in [-0.39, 0.29) is 17.8 Å². The Morgan fingerprint density at radius 1 is 1.62 bits per heavy atom. The molecule has 0 radical (unpaired) electrons. The highest BCUT2D eigenvalue weighted by atomic mass is 32.1. The van der Waals surface area contributed by atoms with Crippen molar-refractivity contribution in [2.45, 2.75) is 19.9 Å². The van der Waals surface area contributed by atoms with Crippen LogP contribution in [0.3, 0.4) is 0 Å². The van der Waals surface area contributed by atoms with Crippen LogP contribution in [-0.2, 0) is 0 Å². The number of aromatic amines is 1. The number of aromatic nitrogens is 3. The number of hydrogen-bond acceptors (Lipinski definition) is 4. The third-order valence-electron chi connectivity index (χ3n) is 2.12. The van der Waals surface area contributed by atoms with Crippen LogP contribution in [0.5, 0.6) is 0 Å². The lowest BCUT2D eigenvalue weighted by Crippen LogP contribution is -2.27. The summed E-state index contributed by atoms with van der Waals surface area (Å²) < 4.78 is 0. The lowest BCUT2D eigenvalue weighted by molar-refractivity contribution is 0.0930. The number of thiophene rings is 1. The van der Waals surface area contributed by atoms with E-state index in [0.717, 1.165) is 4.88 Å². The summed E-state index contributed by atoms with van der Waals surface area (Å²) in [6.45, 7) is 3.69. The summed E-state index contributed by atoms with van der Waals surface area (Å²) in [5.74, 6) is 0.556. The van der Waals surface area contributed by atoms with Crippen molar-refractivity contribution in [2.75, 3.05) is 0 Å². The van der Waals surface area contributed by atoms with Gasteiger partial charge in [-0.25, -0.2) is 4.98 Å². The first-order valence-corrected chi connectivity index (χ1v) is 5.78. The van der Waals surface area contributed by atoms with Gasteiger partial charge in [0.2, 0.25) is 5.82 Å². The summed E-state index contributed by atoms with van der Waals surface area (Å²) in [7, 11) is 0. The molecule has 2 aromatic heterocycles. The van der Waals surface area contributed by atoms with Gasteiger partial charge in [-0.2, -0.15) is 0 Å². The van der Waals surface area contributed by atoms with Gasteiger partial charge in [0, 0.05) is 4.88 Å². The second-order valence-electron chi connectivity index (χ2n) is 3.45. The maximum atomic E-state index is 11.7. The Labute approximate surface area is 96.9 Å². The van der Waals surface area contributed by atoms with Gasteiger partial charge in [0.15, 0.2) is 0 Å². The zero-order valence-electron chi connectivity index (χ0n) is 9.02. The molecule has 0 aliphatic rings. The molecule has 0 saturated carbocycles. The van der Waals surface area contributed by atoms with Crippen molar-refractivity contribution in [3.8, 4) is 0 Å². The molecule has 0 fully saturated rings. The van der Waals surface area contributed by atoms with E-state index in [1.165, 1.54) is 0 Å². The summed E-state index contributed by atoms with van der Waals surface area (Å²) in [6.07, 6.45) is 0. The Hall–Kier alpha value is -1.69. The first-order chi connectivity index (χ1) is 7.66. The van der Waals surface area contributed by atoms with Crippen molar-refractivity contribution >= 4 is 17.2 Å². The van der Waals surface area contributed by atoms with Crippen molar-refractivity contribution in [2.24, 2.45) is 0 Å². The smallest absolute Gasteiger partial charge is 0.291 e. The minimum atomic E-state index is -0.259. The number of amides is 1. The van der Waals surface area contributed by atoms with Crippen LogP contribution in [0, 0.1) is 6.92 Å². The van der Waals surface area contributed by atoms with Gasteiger partial charge >= 0.3 is 0 Å². The van der Waals surface area contributed by atoms with Crippen LogP contribution in [0.4, 0.5) is 0 Å². The van der Waals surface area contributed by atoms with Crippen molar-refractivity contribution in [1.82, 2.24) is 20.5 Å². The van der Waals surface area contributed by atoms with Gasteiger partial charge in [-0.05, 0) is 25.3 Å². The molecule has 1 unspecified atom stereocenters. The Balaban J connectivity index is 2.03. The molecule has 0 bridgehead atoms. The van der Waals surface area contributed by atoms with Crippen LogP contribution in [0.2, 0.25) is 0 Å². The highest BCUT2D eigenvalue weighted by Gasteiger charge is 2.15. The number of carbonyl (C=O) groups is 1. The average Bonchev–Trinajstić information content (AvgIpc) is 2.87. The fourth-order valence-corrected chi connectivity index (χ4v) is 2.05. The van der Waals surface area contributed by atoms with Crippen molar-refractivity contribution in [3.63, 3.8) is 0 Å². The molecule has 84 valence electrons. The minimum Gasteiger partial charge on any atom is -0.342 e. The third-order valence-corrected chi connectivity index (χ3v) is 3.17. The van der Waals surface area contributed by atoms with Gasteiger partial charge in [0.25, 0.3) is 5.91 Å². The molecule has 0 spiro atoms. The SMILES string of the molecule is Cc1nc(C(=O)NC(C)c2cccs2)n[nH]1. The van der Waals surface area contributed by atoms with Gasteiger partial charge in [0.1, 0.15) is 5.82 Å². The van der Waals surface area contributed by atoms with E-state index in [0.29, 0.717) is 5.82 Å². The van der Waals surface area contributed by atoms with E-state index in [9.17, 15) is 4.79 Å². The summed E-state index contributed by atoms with van der Waals surface area (Å²) >= 11 is 1.61. The topological polar surface area (TPSA) is 70.7 Å². The molecule has 1 atom stereocenters. The van der Waals surface area contributed by atoms with Crippen molar-refractivity contribution in [1.29, 1.82) is 0 Å². The molecule has 2 rings (SSSR count). The normalized spacial score (nSPS) is 12.4. The molecular weight excluding hydrogens is 224 g/mol. The number of aryl methyl sites for hydroxylation is 1. The molecule has 1 amide bonds. The molecule has 2 N–H and O–H groups in total. The monoisotopic (exact) mass is 236 g/mol. The van der Waals surface area contributed by atoms with E-state index >= 15 is 0 Å². The number of carbonyl (C=O) groups excluding carboxylic acids is 1. The Morgan fingerprint density at radius 3 is 3.00 bits per heavy atom. The number of nitrogens with zero attached hydrogens (tertiary/aromatic N) is 2. The fourth-order valence-electron chi connectivity index (χ4n) is 1.31. The summed E-state index contributed by atoms with van der Waals surface area (Å²) in [5, 5.41) is 11.3. The quantitative estimate of drug-likeness (QED) is 0.851. The highest BCUT2D eigenvalue weighted by Crippen LogP contribution is 2.18. The van der Waals surface area contributed by atoms with Crippen molar-refractivity contribution < 1.29 is 4.79 Å². The molecule has 2 heterocycles. The number of rotatable bonds is 3. The van der Waals surface area contributed by atoms with Crippen LogP contribution in [-0.4, -0.2) is 21.1 Å². The van der Waals surface area contributed by atoms with E-state index in [2.05, 4.69) is 20.5 Å². The number of nitrogens with one attached hydrogen (secondary N) is 2. The zero-order chi connectivity index (χ0) is 11.5. The molecule has 0 aliphatic carbocycles. The molecule has 0 aromatic carbocycles. The lowest BCUT2D eigenvalue weighted by atomic mass is 10.3. The minimum absolute atomic E-state index is 0.0219. The predicted molar refractivity (Wildman–Crippen MR) is 61.3 cm³/mol. The van der Waals surface area contributed by atoms with Crippen LogP contribution in [0.15, 0.2) is 17.5 Å². The van der Waals surface area contributed by atoms with Gasteiger partial charge in [-0.3, -0.25) is 9.89 Å². The molecule has 16 heavy (non-hydrogen) atoms. The van der Waals surface area contributed by atoms with E-state index < -0.39 is 0 Å². The molecule has 0 aliphatic heterocycles. The molecule has 5 nitrogen and oxygen atoms in total. The van der Waals surface area contributed by atoms with Crippen LogP contribution >= 0.6 is 11.3 Å². The fraction of sp³-hybridized carbons (Fsp3) is 0.300. The molecule has 6 heteroatoms. The van der Waals surface area contributed by atoms with Gasteiger partial charge in [-0.1, -0.05) is 6.07 Å². The summed E-state index contributed by atoms with van der Waals surface area (Å²) in [4.78, 5) is 16.8. The van der Waals surface area contributed by atoms with Crippen LogP contribution in [0.25, 0.3) is 0 Å². The Kier molecular flexibility index (Phi) is 3.00. The molecular formula is C10H12N4OS. The second-order valence-corrected chi connectivity index (χ2v) is 4.43. The Bertz CT molecular complexity index is 477. The third kappa shape index (κ3) is 2.27. The molecule has 2 aromatic rings. The first kappa shape index (κ1) is 10.8. The first-order valence-electron chi connectivity index (χ1n) is 4.90. The standard InChI is InChI=1S/C10H12N4OS/c1-6(8-4-3-5-16-8)11-10(15)9-12-7(2)13-14-9/h3-6H,1-2H3,(H,11,15)(H,12,13,14). The highest BCUT2D eigenvalue weighted by molar-refractivity contribution is 7.10. The number of H-pyrrole nitrogens is 1. The molecule has 0 saturated heterocycles. The van der Waals surface area contributed by atoms with Crippen LogP contribution < -0.4 is 5.32 Å². The van der Waals surface area contributed by atoms with E-state index in [1.807, 2.05) is 24.4 Å². The zero-order valence-corrected chi connectivity index (χ0v) is 9.84. The number of hydrogen-bond donors (Lipinski definition) is 2.